The Morgan fingerprint density at radius 1 is 1.27 bits per heavy atom. The van der Waals surface area contributed by atoms with Gasteiger partial charge in [0.1, 0.15) is 0 Å². The molecule has 4 atom stereocenters. The molecule has 2 heterocycles. The second-order valence-electron chi connectivity index (χ2n) is 7.49. The summed E-state index contributed by atoms with van der Waals surface area (Å²) in [7, 11) is 0. The van der Waals surface area contributed by atoms with E-state index in [4.69, 9.17) is 4.74 Å². The number of alkyl halides is 3. The number of amides is 1. The van der Waals surface area contributed by atoms with Crippen LogP contribution in [0.4, 0.5) is 13.2 Å². The molecule has 7 heteroatoms. The molecular formula is C19H23F3N2O2. The molecule has 0 spiro atoms. The molecule has 1 aromatic carbocycles. The number of rotatable bonds is 4. The zero-order valence-corrected chi connectivity index (χ0v) is 14.5. The molecule has 1 aliphatic carbocycles. The number of carbonyl (C=O) groups excluding carboxylic acids is 1. The fourth-order valence-electron chi connectivity index (χ4n) is 4.62. The SMILES string of the molecule is O=C(Cc1cccc(C(F)(F)F)c1)N[C@H]1[C@H]2CCO[C@H]2[C@@H]1N1CCCC1. The van der Waals surface area contributed by atoms with Gasteiger partial charge in [0.25, 0.3) is 0 Å². The van der Waals surface area contributed by atoms with Gasteiger partial charge in [-0.2, -0.15) is 13.2 Å². The van der Waals surface area contributed by atoms with E-state index < -0.39 is 11.7 Å². The van der Waals surface area contributed by atoms with Crippen LogP contribution in [0.1, 0.15) is 30.4 Å². The highest BCUT2D eigenvalue weighted by Crippen LogP contribution is 2.42. The first-order valence-electron chi connectivity index (χ1n) is 9.24. The Morgan fingerprint density at radius 3 is 2.77 bits per heavy atom. The summed E-state index contributed by atoms with van der Waals surface area (Å²) in [5, 5.41) is 3.08. The van der Waals surface area contributed by atoms with Gasteiger partial charge in [0, 0.05) is 12.5 Å². The maximum absolute atomic E-state index is 12.8. The quantitative estimate of drug-likeness (QED) is 0.888. The maximum atomic E-state index is 12.8. The number of likely N-dealkylation sites (tertiary alicyclic amines) is 1. The molecule has 0 radical (unpaired) electrons. The van der Waals surface area contributed by atoms with Crippen molar-refractivity contribution in [1.29, 1.82) is 0 Å². The third kappa shape index (κ3) is 3.34. The van der Waals surface area contributed by atoms with Crippen LogP contribution in [0.2, 0.25) is 0 Å². The number of ether oxygens (including phenoxy) is 1. The Morgan fingerprint density at radius 2 is 2.04 bits per heavy atom. The highest BCUT2D eigenvalue weighted by Gasteiger charge is 2.56. The van der Waals surface area contributed by atoms with Crippen LogP contribution in [-0.2, 0) is 22.1 Å². The minimum absolute atomic E-state index is 0.0363. The van der Waals surface area contributed by atoms with Crippen LogP contribution in [0.3, 0.4) is 0 Å². The maximum Gasteiger partial charge on any atom is 0.416 e. The molecule has 1 N–H and O–H groups in total. The molecule has 0 bridgehead atoms. The monoisotopic (exact) mass is 368 g/mol. The summed E-state index contributed by atoms with van der Waals surface area (Å²) < 4.78 is 44.3. The van der Waals surface area contributed by atoms with Crippen LogP contribution in [-0.4, -0.2) is 48.7 Å². The van der Waals surface area contributed by atoms with Crippen LogP contribution < -0.4 is 5.32 Å². The predicted molar refractivity (Wildman–Crippen MR) is 89.5 cm³/mol. The van der Waals surface area contributed by atoms with Crippen molar-refractivity contribution in [2.45, 2.75) is 50.0 Å². The van der Waals surface area contributed by atoms with Gasteiger partial charge in [-0.05, 0) is 44.0 Å². The Labute approximate surface area is 150 Å². The fraction of sp³-hybridized carbons (Fsp3) is 0.632. The zero-order chi connectivity index (χ0) is 18.3. The molecule has 2 saturated heterocycles. The number of halogens is 3. The van der Waals surface area contributed by atoms with E-state index in [1.54, 1.807) is 6.07 Å². The van der Waals surface area contributed by atoms with Gasteiger partial charge >= 0.3 is 6.18 Å². The standard InChI is InChI=1S/C19H23F3N2O2/c20-19(21,22)13-5-3-4-12(10-13)11-15(25)23-16-14-6-9-26-18(14)17(16)24-7-1-2-8-24/h3-5,10,14,16-18H,1-2,6-9,11H2,(H,23,25)/t14-,16+,17-,18-/m1/s1. The Kier molecular flexibility index (Phi) is 4.69. The lowest BCUT2D eigenvalue weighted by atomic mass is 9.70. The topological polar surface area (TPSA) is 41.6 Å². The summed E-state index contributed by atoms with van der Waals surface area (Å²) in [6.07, 6.45) is -0.978. The minimum Gasteiger partial charge on any atom is -0.376 e. The van der Waals surface area contributed by atoms with E-state index in [9.17, 15) is 18.0 Å². The van der Waals surface area contributed by atoms with Crippen molar-refractivity contribution >= 4 is 5.91 Å². The average Bonchev–Trinajstić information content (AvgIpc) is 3.23. The molecule has 142 valence electrons. The van der Waals surface area contributed by atoms with Crippen LogP contribution >= 0.6 is 0 Å². The summed E-state index contributed by atoms with van der Waals surface area (Å²) in [5.41, 5.74) is -0.334. The highest BCUT2D eigenvalue weighted by molar-refractivity contribution is 5.79. The van der Waals surface area contributed by atoms with Gasteiger partial charge in [0.15, 0.2) is 0 Å². The van der Waals surface area contributed by atoms with Gasteiger partial charge in [0.2, 0.25) is 5.91 Å². The molecule has 2 aliphatic heterocycles. The second kappa shape index (κ2) is 6.85. The number of benzene rings is 1. The molecule has 26 heavy (non-hydrogen) atoms. The normalized spacial score (nSPS) is 31.5. The van der Waals surface area contributed by atoms with E-state index >= 15 is 0 Å². The van der Waals surface area contributed by atoms with Crippen molar-refractivity contribution in [3.8, 4) is 0 Å². The lowest BCUT2D eigenvalue weighted by molar-refractivity contribution is -0.137. The third-order valence-electron chi connectivity index (χ3n) is 5.86. The third-order valence-corrected chi connectivity index (χ3v) is 5.86. The van der Waals surface area contributed by atoms with E-state index in [0.29, 0.717) is 11.5 Å². The summed E-state index contributed by atoms with van der Waals surface area (Å²) in [5.74, 6) is 0.106. The number of nitrogens with one attached hydrogen (secondary N) is 1. The van der Waals surface area contributed by atoms with Gasteiger partial charge in [-0.25, -0.2) is 0 Å². The lowest BCUT2D eigenvalue weighted by Gasteiger charge is -2.51. The Balaban J connectivity index is 1.41. The summed E-state index contributed by atoms with van der Waals surface area (Å²) in [4.78, 5) is 14.9. The highest BCUT2D eigenvalue weighted by atomic mass is 19.4. The van der Waals surface area contributed by atoms with Gasteiger partial charge in [-0.15, -0.1) is 0 Å². The second-order valence-corrected chi connectivity index (χ2v) is 7.49. The molecule has 3 aliphatic rings. The largest absolute Gasteiger partial charge is 0.416 e. The molecule has 1 aromatic rings. The average molecular weight is 368 g/mol. The first kappa shape index (κ1) is 17.8. The first-order valence-corrected chi connectivity index (χ1v) is 9.24. The summed E-state index contributed by atoms with van der Waals surface area (Å²) >= 11 is 0. The summed E-state index contributed by atoms with van der Waals surface area (Å²) in [6.45, 7) is 2.77. The van der Waals surface area contributed by atoms with E-state index in [1.807, 2.05) is 0 Å². The molecule has 1 amide bonds. The lowest BCUT2D eigenvalue weighted by Crippen LogP contribution is -2.70. The minimum atomic E-state index is -4.39. The molecular weight excluding hydrogens is 345 g/mol. The molecule has 0 unspecified atom stereocenters. The van der Waals surface area contributed by atoms with Gasteiger partial charge in [0.05, 0.1) is 30.2 Å². The van der Waals surface area contributed by atoms with Crippen LogP contribution in [0, 0.1) is 5.92 Å². The molecule has 1 saturated carbocycles. The van der Waals surface area contributed by atoms with Gasteiger partial charge in [-0.3, -0.25) is 9.69 Å². The van der Waals surface area contributed by atoms with Crippen molar-refractivity contribution in [1.82, 2.24) is 10.2 Å². The zero-order valence-electron chi connectivity index (χ0n) is 14.5. The fourth-order valence-corrected chi connectivity index (χ4v) is 4.62. The molecule has 0 aromatic heterocycles. The van der Waals surface area contributed by atoms with E-state index in [2.05, 4.69) is 10.2 Å². The number of hydrogen-bond donors (Lipinski definition) is 1. The van der Waals surface area contributed by atoms with Gasteiger partial charge < -0.3 is 10.1 Å². The van der Waals surface area contributed by atoms with Crippen LogP contribution in [0.25, 0.3) is 0 Å². The molecule has 4 rings (SSSR count). The number of carbonyl (C=O) groups is 1. The van der Waals surface area contributed by atoms with Crippen LogP contribution in [0.15, 0.2) is 24.3 Å². The van der Waals surface area contributed by atoms with Crippen LogP contribution in [0.5, 0.6) is 0 Å². The Bertz CT molecular complexity index is 668. The van der Waals surface area contributed by atoms with E-state index in [1.165, 1.54) is 18.9 Å². The Hall–Kier alpha value is -1.60. The van der Waals surface area contributed by atoms with Crippen molar-refractivity contribution in [2.24, 2.45) is 5.92 Å². The smallest absolute Gasteiger partial charge is 0.376 e. The predicted octanol–water partition coefficient (Wildman–Crippen LogP) is 2.62. The van der Waals surface area contributed by atoms with Gasteiger partial charge in [-0.1, -0.05) is 18.2 Å². The first-order chi connectivity index (χ1) is 12.4. The molecule has 4 nitrogen and oxygen atoms in total. The van der Waals surface area contributed by atoms with E-state index in [-0.39, 0.29) is 30.5 Å². The van der Waals surface area contributed by atoms with Crippen molar-refractivity contribution in [3.63, 3.8) is 0 Å². The van der Waals surface area contributed by atoms with E-state index in [0.717, 1.165) is 38.2 Å². The van der Waals surface area contributed by atoms with Crippen molar-refractivity contribution in [2.75, 3.05) is 19.7 Å². The molecule has 3 fully saturated rings. The number of fused-ring (bicyclic) bond motifs is 1. The van der Waals surface area contributed by atoms with Crippen molar-refractivity contribution < 1.29 is 22.7 Å². The number of nitrogens with zero attached hydrogens (tertiary/aromatic N) is 1. The number of hydrogen-bond acceptors (Lipinski definition) is 3. The van der Waals surface area contributed by atoms with Crippen molar-refractivity contribution in [3.05, 3.63) is 35.4 Å². The summed E-state index contributed by atoms with van der Waals surface area (Å²) in [6, 6.07) is 5.24.